The second-order valence-corrected chi connectivity index (χ2v) is 4.07. The molecule has 0 fully saturated rings. The molecular weight excluding hydrogens is 214 g/mol. The minimum Gasteiger partial charge on any atom is -0.275 e. The van der Waals surface area contributed by atoms with Crippen molar-refractivity contribution < 1.29 is 0 Å². The minimum atomic E-state index is 0.129. The van der Waals surface area contributed by atoms with Crippen molar-refractivity contribution in [3.63, 3.8) is 0 Å². The van der Waals surface area contributed by atoms with Gasteiger partial charge in [0.2, 0.25) is 0 Å². The maximum atomic E-state index is 5.58. The van der Waals surface area contributed by atoms with Crippen molar-refractivity contribution in [3.8, 4) is 0 Å². The third kappa shape index (κ3) is 3.12. The van der Waals surface area contributed by atoms with Crippen LogP contribution in [0.2, 0.25) is 0 Å². The number of nitrogens with zero attached hydrogens (tertiary/aromatic N) is 3. The molecule has 0 aromatic carbocycles. The Bertz CT molecular complexity index is 451. The average Bonchev–Trinajstić information content (AvgIpc) is 2.78. The van der Waals surface area contributed by atoms with Crippen molar-refractivity contribution in [3.05, 3.63) is 48.0 Å². The fourth-order valence-corrected chi connectivity index (χ4v) is 1.82. The van der Waals surface area contributed by atoms with Crippen LogP contribution in [0.3, 0.4) is 0 Å². The van der Waals surface area contributed by atoms with Gasteiger partial charge in [0, 0.05) is 37.2 Å². The molecule has 2 heterocycles. The van der Waals surface area contributed by atoms with Gasteiger partial charge in [0.05, 0.1) is 6.20 Å². The number of aryl methyl sites for hydroxylation is 2. The Labute approximate surface area is 101 Å². The number of aromatic nitrogens is 3. The maximum Gasteiger partial charge on any atom is 0.0538 e. The topological polar surface area (TPSA) is 68.8 Å². The summed E-state index contributed by atoms with van der Waals surface area (Å²) in [5, 5.41) is 4.15. The first-order valence-electron chi connectivity index (χ1n) is 5.63. The van der Waals surface area contributed by atoms with Gasteiger partial charge in [0.1, 0.15) is 0 Å². The van der Waals surface area contributed by atoms with Crippen LogP contribution in [-0.2, 0) is 13.5 Å². The van der Waals surface area contributed by atoms with Gasteiger partial charge in [-0.1, -0.05) is 6.07 Å². The summed E-state index contributed by atoms with van der Waals surface area (Å²) >= 11 is 0. The number of rotatable bonds is 5. The molecule has 1 atom stereocenters. The molecule has 2 rings (SSSR count). The molecule has 90 valence electrons. The van der Waals surface area contributed by atoms with Crippen molar-refractivity contribution in [2.45, 2.75) is 18.9 Å². The summed E-state index contributed by atoms with van der Waals surface area (Å²) in [4.78, 5) is 4.10. The van der Waals surface area contributed by atoms with Crippen LogP contribution in [-0.4, -0.2) is 14.8 Å². The van der Waals surface area contributed by atoms with Crippen LogP contribution in [0.1, 0.15) is 23.6 Å². The van der Waals surface area contributed by atoms with E-state index >= 15 is 0 Å². The Hall–Kier alpha value is -1.72. The highest BCUT2D eigenvalue weighted by Crippen LogP contribution is 2.17. The molecule has 3 N–H and O–H groups in total. The number of nitrogens with one attached hydrogen (secondary N) is 1. The van der Waals surface area contributed by atoms with Gasteiger partial charge in [0.25, 0.3) is 0 Å². The molecule has 0 aliphatic carbocycles. The van der Waals surface area contributed by atoms with E-state index in [1.165, 1.54) is 5.56 Å². The number of hydrogen-bond acceptors (Lipinski definition) is 4. The lowest BCUT2D eigenvalue weighted by atomic mass is 10.0. The van der Waals surface area contributed by atoms with Gasteiger partial charge < -0.3 is 0 Å². The van der Waals surface area contributed by atoms with E-state index in [1.54, 1.807) is 10.9 Å². The minimum absolute atomic E-state index is 0.129. The molecular formula is C12H17N5. The molecule has 2 aromatic rings. The van der Waals surface area contributed by atoms with Gasteiger partial charge >= 0.3 is 0 Å². The first-order chi connectivity index (χ1) is 8.29. The largest absolute Gasteiger partial charge is 0.275 e. The highest BCUT2D eigenvalue weighted by molar-refractivity contribution is 5.13. The standard InChI is InChI=1S/C12H17N5/c1-17-9-11(8-15-17)12(16-13)5-4-10-3-2-6-14-7-10/h2-3,6-9,12,16H,4-5,13H2,1H3. The Morgan fingerprint density at radius 2 is 2.35 bits per heavy atom. The van der Waals surface area contributed by atoms with Gasteiger partial charge in [0.15, 0.2) is 0 Å². The van der Waals surface area contributed by atoms with Gasteiger partial charge in [-0.3, -0.25) is 20.9 Å². The summed E-state index contributed by atoms with van der Waals surface area (Å²) in [7, 11) is 1.90. The van der Waals surface area contributed by atoms with E-state index in [-0.39, 0.29) is 6.04 Å². The number of hydrogen-bond donors (Lipinski definition) is 2. The zero-order chi connectivity index (χ0) is 12.1. The Morgan fingerprint density at radius 1 is 1.47 bits per heavy atom. The zero-order valence-electron chi connectivity index (χ0n) is 9.87. The molecule has 0 aliphatic rings. The van der Waals surface area contributed by atoms with Crippen LogP contribution in [0, 0.1) is 0 Å². The first kappa shape index (κ1) is 11.8. The van der Waals surface area contributed by atoms with Crippen LogP contribution in [0.5, 0.6) is 0 Å². The SMILES string of the molecule is Cn1cc(C(CCc2cccnc2)NN)cn1. The van der Waals surface area contributed by atoms with Gasteiger partial charge in [-0.2, -0.15) is 5.10 Å². The highest BCUT2D eigenvalue weighted by atomic mass is 15.3. The van der Waals surface area contributed by atoms with Gasteiger partial charge in [-0.15, -0.1) is 0 Å². The van der Waals surface area contributed by atoms with E-state index in [0.717, 1.165) is 18.4 Å². The van der Waals surface area contributed by atoms with E-state index in [9.17, 15) is 0 Å². The van der Waals surface area contributed by atoms with Crippen LogP contribution < -0.4 is 11.3 Å². The normalized spacial score (nSPS) is 12.6. The Morgan fingerprint density at radius 3 is 2.94 bits per heavy atom. The fraction of sp³-hybridized carbons (Fsp3) is 0.333. The average molecular weight is 231 g/mol. The Kier molecular flexibility index (Phi) is 3.85. The first-order valence-corrected chi connectivity index (χ1v) is 5.63. The van der Waals surface area contributed by atoms with Crippen LogP contribution in [0.25, 0.3) is 0 Å². The molecule has 2 aromatic heterocycles. The number of pyridine rings is 1. The third-order valence-corrected chi connectivity index (χ3v) is 2.77. The van der Waals surface area contributed by atoms with Crippen molar-refractivity contribution >= 4 is 0 Å². The van der Waals surface area contributed by atoms with Crippen molar-refractivity contribution in [1.82, 2.24) is 20.2 Å². The number of hydrazine groups is 1. The molecule has 17 heavy (non-hydrogen) atoms. The number of nitrogens with two attached hydrogens (primary N) is 1. The lowest BCUT2D eigenvalue weighted by Crippen LogP contribution is -2.28. The monoisotopic (exact) mass is 231 g/mol. The van der Waals surface area contributed by atoms with E-state index < -0.39 is 0 Å². The second kappa shape index (κ2) is 5.56. The van der Waals surface area contributed by atoms with Crippen molar-refractivity contribution in [2.75, 3.05) is 0 Å². The summed E-state index contributed by atoms with van der Waals surface area (Å²) in [5.74, 6) is 5.58. The summed E-state index contributed by atoms with van der Waals surface area (Å²) in [5.41, 5.74) is 5.16. The molecule has 0 bridgehead atoms. The summed E-state index contributed by atoms with van der Waals surface area (Å²) in [6.45, 7) is 0. The quantitative estimate of drug-likeness (QED) is 0.594. The van der Waals surface area contributed by atoms with Crippen LogP contribution in [0.4, 0.5) is 0 Å². The van der Waals surface area contributed by atoms with Gasteiger partial charge in [-0.25, -0.2) is 0 Å². The van der Waals surface area contributed by atoms with E-state index in [4.69, 9.17) is 5.84 Å². The smallest absolute Gasteiger partial charge is 0.0538 e. The fourth-order valence-electron chi connectivity index (χ4n) is 1.82. The lowest BCUT2D eigenvalue weighted by Gasteiger charge is -2.13. The van der Waals surface area contributed by atoms with E-state index in [2.05, 4.69) is 21.6 Å². The predicted molar refractivity (Wildman–Crippen MR) is 65.8 cm³/mol. The van der Waals surface area contributed by atoms with Crippen LogP contribution in [0.15, 0.2) is 36.9 Å². The summed E-state index contributed by atoms with van der Waals surface area (Å²) in [6, 6.07) is 4.15. The third-order valence-electron chi connectivity index (χ3n) is 2.77. The van der Waals surface area contributed by atoms with Crippen molar-refractivity contribution in [2.24, 2.45) is 12.9 Å². The maximum absolute atomic E-state index is 5.58. The molecule has 0 radical (unpaired) electrons. The summed E-state index contributed by atoms with van der Waals surface area (Å²) < 4.78 is 1.78. The second-order valence-electron chi connectivity index (χ2n) is 4.07. The Balaban J connectivity index is 1.97. The van der Waals surface area contributed by atoms with E-state index in [1.807, 2.05) is 31.7 Å². The molecule has 0 saturated carbocycles. The van der Waals surface area contributed by atoms with Crippen molar-refractivity contribution in [1.29, 1.82) is 0 Å². The molecule has 0 amide bonds. The van der Waals surface area contributed by atoms with Gasteiger partial charge in [-0.05, 0) is 24.5 Å². The molecule has 0 saturated heterocycles. The lowest BCUT2D eigenvalue weighted by molar-refractivity contribution is 0.515. The molecule has 5 heteroatoms. The van der Waals surface area contributed by atoms with E-state index in [0.29, 0.717) is 0 Å². The summed E-state index contributed by atoms with van der Waals surface area (Å²) in [6.07, 6.45) is 9.35. The van der Waals surface area contributed by atoms with Crippen LogP contribution >= 0.6 is 0 Å². The zero-order valence-corrected chi connectivity index (χ0v) is 9.87. The molecule has 1 unspecified atom stereocenters. The molecule has 0 spiro atoms. The molecule has 0 aliphatic heterocycles. The molecule has 5 nitrogen and oxygen atoms in total. The highest BCUT2D eigenvalue weighted by Gasteiger charge is 2.11. The predicted octanol–water partition coefficient (Wildman–Crippen LogP) is 0.952.